The van der Waals surface area contributed by atoms with E-state index in [1.807, 2.05) is 0 Å². The van der Waals surface area contributed by atoms with Gasteiger partial charge in [-0.3, -0.25) is 4.79 Å². The fourth-order valence-corrected chi connectivity index (χ4v) is 8.84. The second kappa shape index (κ2) is 8.25. The largest absolute Gasteiger partial charge is 0.299 e. The number of fused-ring (bicyclic) bond motifs is 5. The van der Waals surface area contributed by atoms with E-state index in [-0.39, 0.29) is 5.41 Å². The van der Waals surface area contributed by atoms with E-state index < -0.39 is 0 Å². The zero-order valence-corrected chi connectivity index (χ0v) is 20.5. The summed E-state index contributed by atoms with van der Waals surface area (Å²) in [6, 6.07) is 0. The molecule has 0 spiro atoms. The highest BCUT2D eigenvalue weighted by Gasteiger charge is 2.61. The maximum atomic E-state index is 13.2. The van der Waals surface area contributed by atoms with Gasteiger partial charge in [-0.05, 0) is 97.2 Å². The lowest BCUT2D eigenvalue weighted by atomic mass is 9.45. The maximum Gasteiger partial charge on any atom is 0.137 e. The molecule has 0 aromatic rings. The lowest BCUT2D eigenvalue weighted by Crippen LogP contribution is -2.55. The summed E-state index contributed by atoms with van der Waals surface area (Å²) in [6.45, 7) is 14.6. The van der Waals surface area contributed by atoms with Gasteiger partial charge in [-0.15, -0.1) is 0 Å². The van der Waals surface area contributed by atoms with Crippen LogP contribution in [0.2, 0.25) is 0 Å². The summed E-state index contributed by atoms with van der Waals surface area (Å²) in [5.74, 6) is 5.94. The van der Waals surface area contributed by atoms with Crippen molar-refractivity contribution in [1.29, 1.82) is 0 Å². The van der Waals surface area contributed by atoms with Crippen LogP contribution in [0, 0.1) is 58.2 Å². The minimum Gasteiger partial charge on any atom is -0.299 e. The van der Waals surface area contributed by atoms with Crippen LogP contribution in [0.3, 0.4) is 0 Å². The number of carbonyl (C=O) groups is 1. The van der Waals surface area contributed by atoms with Gasteiger partial charge in [-0.1, -0.05) is 65.8 Å². The maximum absolute atomic E-state index is 13.2. The number of hydrogen-bond acceptors (Lipinski definition) is 1. The monoisotopic (exact) mass is 410 g/mol. The number of hydrogen-bond donors (Lipinski definition) is 0. The first-order valence-electron chi connectivity index (χ1n) is 13.1. The first-order chi connectivity index (χ1) is 14.2. The van der Waals surface area contributed by atoms with E-state index in [1.165, 1.54) is 32.1 Å². The van der Waals surface area contributed by atoms with Gasteiger partial charge >= 0.3 is 0 Å². The Bertz CT molecular complexity index is 701. The lowest BCUT2D eigenvalue weighted by molar-refractivity contribution is -0.149. The van der Waals surface area contributed by atoms with Gasteiger partial charge in [0.1, 0.15) is 5.78 Å². The van der Waals surface area contributed by atoms with Crippen LogP contribution in [0.1, 0.15) is 92.9 Å². The summed E-state index contributed by atoms with van der Waals surface area (Å²) in [5.41, 5.74) is 0.656. The molecule has 3 fully saturated rings. The second-order valence-corrected chi connectivity index (χ2v) is 12.3. The van der Waals surface area contributed by atoms with Gasteiger partial charge in [0, 0.05) is 12.3 Å². The summed E-state index contributed by atoms with van der Waals surface area (Å²) in [7, 11) is 0. The van der Waals surface area contributed by atoms with Gasteiger partial charge in [-0.25, -0.2) is 0 Å². The van der Waals surface area contributed by atoms with E-state index in [0.29, 0.717) is 34.9 Å². The Morgan fingerprint density at radius 1 is 1.03 bits per heavy atom. The lowest BCUT2D eigenvalue weighted by Gasteiger charge is -2.59. The van der Waals surface area contributed by atoms with Crippen molar-refractivity contribution in [3.05, 3.63) is 24.3 Å². The van der Waals surface area contributed by atoms with E-state index in [1.54, 1.807) is 0 Å². The zero-order chi connectivity index (χ0) is 21.7. The molecule has 0 aromatic heterocycles. The normalized spacial score (nSPS) is 45.3. The minimum absolute atomic E-state index is 0.227. The van der Waals surface area contributed by atoms with Crippen molar-refractivity contribution in [2.45, 2.75) is 92.9 Å². The van der Waals surface area contributed by atoms with Crippen LogP contribution in [-0.4, -0.2) is 5.78 Å². The van der Waals surface area contributed by atoms with E-state index in [2.05, 4.69) is 65.8 Å². The van der Waals surface area contributed by atoms with E-state index in [4.69, 9.17) is 0 Å². The number of carbonyl (C=O) groups excluding carboxylic acids is 1. The van der Waals surface area contributed by atoms with Crippen molar-refractivity contribution in [1.82, 2.24) is 0 Å². The van der Waals surface area contributed by atoms with Crippen LogP contribution >= 0.6 is 0 Å². The third-order valence-corrected chi connectivity index (χ3v) is 10.7. The molecule has 0 aromatic carbocycles. The SMILES string of the molecule is CCC(/C=C/C(C)C1CCC2C3CC(=O)C4CC=CCC4(C)C3CCC12C)C(C)C. The van der Waals surface area contributed by atoms with Crippen LogP contribution in [0.5, 0.6) is 0 Å². The predicted octanol–water partition coefficient (Wildman–Crippen LogP) is 7.86. The van der Waals surface area contributed by atoms with Crippen molar-refractivity contribution in [2.75, 3.05) is 0 Å². The van der Waals surface area contributed by atoms with Crippen molar-refractivity contribution < 1.29 is 4.79 Å². The first-order valence-corrected chi connectivity index (χ1v) is 13.1. The van der Waals surface area contributed by atoms with Crippen LogP contribution < -0.4 is 0 Å². The first kappa shape index (κ1) is 22.3. The Morgan fingerprint density at radius 3 is 2.47 bits per heavy atom. The van der Waals surface area contributed by atoms with E-state index >= 15 is 0 Å². The fraction of sp³-hybridized carbons (Fsp3) is 0.828. The zero-order valence-electron chi connectivity index (χ0n) is 20.5. The number of allylic oxidation sites excluding steroid dienone is 4. The molecule has 0 radical (unpaired) electrons. The third-order valence-electron chi connectivity index (χ3n) is 10.7. The summed E-state index contributed by atoms with van der Waals surface area (Å²) >= 11 is 0. The molecular weight excluding hydrogens is 364 g/mol. The molecule has 0 bridgehead atoms. The Morgan fingerprint density at radius 2 is 1.77 bits per heavy atom. The predicted molar refractivity (Wildman–Crippen MR) is 127 cm³/mol. The molecule has 0 heterocycles. The number of Topliss-reactive ketones (excluding diaryl/α,β-unsaturated/α-hetero) is 1. The fourth-order valence-electron chi connectivity index (χ4n) is 8.84. The highest BCUT2D eigenvalue weighted by atomic mass is 16.1. The Kier molecular flexibility index (Phi) is 6.15. The average molecular weight is 411 g/mol. The van der Waals surface area contributed by atoms with Crippen molar-refractivity contribution in [3.8, 4) is 0 Å². The van der Waals surface area contributed by atoms with Gasteiger partial charge in [0.25, 0.3) is 0 Å². The molecule has 1 nitrogen and oxygen atoms in total. The molecule has 4 aliphatic rings. The third kappa shape index (κ3) is 3.47. The van der Waals surface area contributed by atoms with Gasteiger partial charge in [0.2, 0.25) is 0 Å². The van der Waals surface area contributed by atoms with E-state index in [0.717, 1.165) is 42.9 Å². The molecule has 4 rings (SSSR count). The smallest absolute Gasteiger partial charge is 0.137 e. The van der Waals surface area contributed by atoms with Crippen molar-refractivity contribution in [3.63, 3.8) is 0 Å². The van der Waals surface area contributed by atoms with Crippen LogP contribution in [0.4, 0.5) is 0 Å². The topological polar surface area (TPSA) is 17.1 Å². The van der Waals surface area contributed by atoms with E-state index in [9.17, 15) is 4.79 Å². The molecule has 0 aliphatic heterocycles. The van der Waals surface area contributed by atoms with Crippen LogP contribution in [-0.2, 0) is 4.79 Å². The Hall–Kier alpha value is -0.850. The van der Waals surface area contributed by atoms with Crippen LogP contribution in [0.15, 0.2) is 24.3 Å². The molecule has 9 atom stereocenters. The highest BCUT2D eigenvalue weighted by molar-refractivity contribution is 5.83. The molecular formula is C29H46O. The summed E-state index contributed by atoms with van der Waals surface area (Å²) < 4.78 is 0. The van der Waals surface area contributed by atoms with Crippen LogP contribution in [0.25, 0.3) is 0 Å². The molecule has 30 heavy (non-hydrogen) atoms. The Labute approximate surface area is 186 Å². The number of ketones is 1. The molecule has 3 saturated carbocycles. The molecule has 4 aliphatic carbocycles. The minimum atomic E-state index is 0.227. The van der Waals surface area contributed by atoms with Gasteiger partial charge in [0.05, 0.1) is 0 Å². The quantitative estimate of drug-likeness (QED) is 0.421. The Balaban J connectivity index is 1.54. The van der Waals surface area contributed by atoms with Gasteiger partial charge in [-0.2, -0.15) is 0 Å². The number of rotatable bonds is 5. The van der Waals surface area contributed by atoms with Crippen molar-refractivity contribution in [2.24, 2.45) is 58.2 Å². The summed E-state index contributed by atoms with van der Waals surface area (Å²) in [6.07, 6.45) is 19.4. The van der Waals surface area contributed by atoms with Crippen molar-refractivity contribution >= 4 is 5.78 Å². The van der Waals surface area contributed by atoms with Gasteiger partial charge < -0.3 is 0 Å². The summed E-state index contributed by atoms with van der Waals surface area (Å²) in [5, 5.41) is 0. The molecule has 168 valence electrons. The molecule has 0 saturated heterocycles. The molecule has 1 heteroatoms. The van der Waals surface area contributed by atoms with Gasteiger partial charge in [0.15, 0.2) is 0 Å². The molecule has 0 N–H and O–H groups in total. The summed E-state index contributed by atoms with van der Waals surface area (Å²) in [4.78, 5) is 13.2. The standard InChI is InChI=1S/C29H46O/c1-7-21(19(2)3)12-11-20(4)23-13-14-24-22-18-27(30)26-10-8-9-16-28(26,5)25(22)15-17-29(23,24)6/h8-9,11-12,19-26H,7,10,13-18H2,1-6H3/b12-11+. The molecule has 9 unspecified atom stereocenters. The average Bonchev–Trinajstić information content (AvgIpc) is 3.05. The highest BCUT2D eigenvalue weighted by Crippen LogP contribution is 2.67. The molecule has 0 amide bonds. The second-order valence-electron chi connectivity index (χ2n) is 12.3.